The second-order valence-electron chi connectivity index (χ2n) is 17.0. The molecule has 6 aromatic rings. The van der Waals surface area contributed by atoms with Gasteiger partial charge in [-0.15, -0.1) is 12.8 Å². The van der Waals surface area contributed by atoms with Gasteiger partial charge in [-0.3, -0.25) is 9.97 Å². The Morgan fingerprint density at radius 2 is 0.707 bits per heavy atom. The van der Waals surface area contributed by atoms with Gasteiger partial charge in [-0.1, -0.05) is 140 Å². The molecule has 0 N–H and O–H groups in total. The summed E-state index contributed by atoms with van der Waals surface area (Å²) in [6, 6.07) is 39.4. The van der Waals surface area contributed by atoms with Crippen LogP contribution < -0.4 is 0 Å². The molecule has 0 saturated heterocycles. The van der Waals surface area contributed by atoms with E-state index >= 15 is 0 Å². The van der Waals surface area contributed by atoms with E-state index in [1.807, 2.05) is 38.4 Å². The van der Waals surface area contributed by atoms with Crippen molar-refractivity contribution in [3.8, 4) is 24.7 Å². The fraction of sp³-hybridized carbons (Fsp3) is 0.321. The first-order valence-corrected chi connectivity index (χ1v) is 21.0. The molecule has 4 aromatic carbocycles. The molecule has 58 heavy (non-hydrogen) atoms. The maximum atomic E-state index is 5.79. The number of pyridine rings is 2. The van der Waals surface area contributed by atoms with Gasteiger partial charge in [0.25, 0.3) is 0 Å². The lowest BCUT2D eigenvalue weighted by Gasteiger charge is -2.20. The highest BCUT2D eigenvalue weighted by molar-refractivity contribution is 5.42. The minimum Gasteiger partial charge on any atom is -0.264 e. The fourth-order valence-corrected chi connectivity index (χ4v) is 6.90. The van der Waals surface area contributed by atoms with Crippen molar-refractivity contribution in [2.75, 3.05) is 0 Å². The average molecular weight is 765 g/mol. The first-order chi connectivity index (χ1) is 27.9. The van der Waals surface area contributed by atoms with E-state index in [2.05, 4.69) is 160 Å². The van der Waals surface area contributed by atoms with Crippen molar-refractivity contribution in [1.82, 2.24) is 9.97 Å². The Morgan fingerprint density at radius 1 is 0.397 bits per heavy atom. The van der Waals surface area contributed by atoms with Crippen molar-refractivity contribution < 1.29 is 0 Å². The molecule has 0 saturated carbocycles. The van der Waals surface area contributed by atoms with E-state index in [0.717, 1.165) is 62.5 Å². The van der Waals surface area contributed by atoms with Crippen molar-refractivity contribution in [2.45, 2.75) is 118 Å². The van der Waals surface area contributed by atoms with Crippen LogP contribution in [0, 0.1) is 24.7 Å². The van der Waals surface area contributed by atoms with Gasteiger partial charge in [-0.25, -0.2) is 0 Å². The molecule has 0 spiro atoms. The maximum absolute atomic E-state index is 5.79. The minimum atomic E-state index is 0.177. The van der Waals surface area contributed by atoms with Crippen LogP contribution in [0.3, 0.4) is 0 Å². The maximum Gasteiger partial charge on any atom is 0.0299 e. The third-order valence-corrected chi connectivity index (χ3v) is 10.3. The highest BCUT2D eigenvalue weighted by Gasteiger charge is 2.15. The standard InChI is InChI=1S/C32H38.C22H20N2.C2H6/c1-8-24-19-27(17-15-25-11-9-13-29(22-25)31(2,3)4)21-28(20-24)18-16-26-12-10-14-30(23-26)32(5,6)7;1-2-18-13-21(9-7-19-5-3-11-23-16-19)15-22(14-18)10-8-20-6-4-12-24-17-20;1-2/h1,9-14,19-23H,15-18H2,2-7H3;1,3-6,11-17H,7-10H2;1-2H3. The predicted octanol–water partition coefficient (Wildman–Crippen LogP) is 12.9. The summed E-state index contributed by atoms with van der Waals surface area (Å²) < 4.78 is 0. The minimum absolute atomic E-state index is 0.177. The van der Waals surface area contributed by atoms with E-state index in [1.165, 1.54) is 55.6 Å². The second kappa shape index (κ2) is 22.3. The Morgan fingerprint density at radius 3 is 1.00 bits per heavy atom. The van der Waals surface area contributed by atoms with Crippen LogP contribution in [0.1, 0.15) is 122 Å². The summed E-state index contributed by atoms with van der Waals surface area (Å²) in [5.74, 6) is 5.64. The van der Waals surface area contributed by atoms with Gasteiger partial charge in [-0.05, 0) is 154 Å². The second-order valence-corrected chi connectivity index (χ2v) is 17.0. The van der Waals surface area contributed by atoms with E-state index in [9.17, 15) is 0 Å². The summed E-state index contributed by atoms with van der Waals surface area (Å²) in [6.45, 7) is 17.6. The topological polar surface area (TPSA) is 25.8 Å². The molecule has 298 valence electrons. The van der Waals surface area contributed by atoms with Crippen LogP contribution in [0.2, 0.25) is 0 Å². The Bertz CT molecular complexity index is 2090. The number of aromatic nitrogens is 2. The number of benzene rings is 4. The molecule has 0 fully saturated rings. The van der Waals surface area contributed by atoms with Gasteiger partial charge >= 0.3 is 0 Å². The lowest BCUT2D eigenvalue weighted by molar-refractivity contribution is 0.589. The van der Waals surface area contributed by atoms with Crippen molar-refractivity contribution in [3.05, 3.63) is 201 Å². The number of aryl methyl sites for hydroxylation is 8. The molecule has 0 bridgehead atoms. The fourth-order valence-electron chi connectivity index (χ4n) is 6.90. The largest absolute Gasteiger partial charge is 0.264 e. The van der Waals surface area contributed by atoms with E-state index in [1.54, 1.807) is 12.4 Å². The molecule has 0 unspecified atom stereocenters. The zero-order valence-electron chi connectivity index (χ0n) is 36.4. The Labute approximate surface area is 351 Å². The lowest BCUT2D eigenvalue weighted by atomic mass is 9.85. The number of rotatable bonds is 12. The van der Waals surface area contributed by atoms with Crippen LogP contribution in [-0.4, -0.2) is 9.97 Å². The highest BCUT2D eigenvalue weighted by Crippen LogP contribution is 2.25. The Kier molecular flexibility index (Phi) is 17.3. The molecule has 0 aliphatic rings. The van der Waals surface area contributed by atoms with E-state index < -0.39 is 0 Å². The first-order valence-electron chi connectivity index (χ1n) is 21.0. The van der Waals surface area contributed by atoms with Gasteiger partial charge in [0, 0.05) is 35.9 Å². The molecule has 2 aromatic heterocycles. The van der Waals surface area contributed by atoms with Gasteiger partial charge in [-0.2, -0.15) is 0 Å². The van der Waals surface area contributed by atoms with Crippen LogP contribution in [0.15, 0.2) is 134 Å². The van der Waals surface area contributed by atoms with Gasteiger partial charge in [0.15, 0.2) is 0 Å². The number of hydrogen-bond acceptors (Lipinski definition) is 2. The molecule has 0 aliphatic heterocycles. The van der Waals surface area contributed by atoms with Gasteiger partial charge in [0.05, 0.1) is 0 Å². The van der Waals surface area contributed by atoms with E-state index in [-0.39, 0.29) is 10.8 Å². The Hall–Kier alpha value is -5.70. The molecule has 6 rings (SSSR count). The summed E-state index contributed by atoms with van der Waals surface area (Å²) in [7, 11) is 0. The summed E-state index contributed by atoms with van der Waals surface area (Å²) >= 11 is 0. The van der Waals surface area contributed by atoms with Crippen LogP contribution in [-0.2, 0) is 62.2 Å². The quantitative estimate of drug-likeness (QED) is 0.116. The van der Waals surface area contributed by atoms with Crippen molar-refractivity contribution in [2.24, 2.45) is 0 Å². The molecule has 0 aliphatic carbocycles. The van der Waals surface area contributed by atoms with E-state index in [0.29, 0.717) is 0 Å². The number of hydrogen-bond donors (Lipinski definition) is 0. The van der Waals surface area contributed by atoms with Gasteiger partial charge in [0.2, 0.25) is 0 Å². The summed E-state index contributed by atoms with van der Waals surface area (Å²) in [6.07, 6.45) is 26.9. The SMILES string of the molecule is C#Cc1cc(CCc2cccc(C(C)(C)C)c2)cc(CCc2cccc(C(C)(C)C)c2)c1.C#Cc1cc(CCc2cccnc2)cc(CCc2cccnc2)c1.CC. The normalized spacial score (nSPS) is 10.9. The van der Waals surface area contributed by atoms with Crippen molar-refractivity contribution in [1.29, 1.82) is 0 Å². The Balaban J connectivity index is 0.000000255. The zero-order valence-corrected chi connectivity index (χ0v) is 36.4. The molecular formula is C56H64N2. The molecule has 2 heteroatoms. The summed E-state index contributed by atoms with van der Waals surface area (Å²) in [4.78, 5) is 8.35. The van der Waals surface area contributed by atoms with Crippen LogP contribution in [0.4, 0.5) is 0 Å². The van der Waals surface area contributed by atoms with Gasteiger partial charge < -0.3 is 0 Å². The van der Waals surface area contributed by atoms with Crippen LogP contribution in [0.5, 0.6) is 0 Å². The molecule has 2 heterocycles. The highest BCUT2D eigenvalue weighted by atomic mass is 14.6. The average Bonchev–Trinajstić information content (AvgIpc) is 3.24. The van der Waals surface area contributed by atoms with Crippen molar-refractivity contribution >= 4 is 0 Å². The molecule has 0 amide bonds. The predicted molar refractivity (Wildman–Crippen MR) is 248 cm³/mol. The first kappa shape index (κ1) is 45.0. The summed E-state index contributed by atoms with van der Waals surface area (Å²) in [5, 5.41) is 0. The monoisotopic (exact) mass is 765 g/mol. The molecule has 0 radical (unpaired) electrons. The lowest BCUT2D eigenvalue weighted by Crippen LogP contribution is -2.11. The van der Waals surface area contributed by atoms with Gasteiger partial charge in [0.1, 0.15) is 0 Å². The van der Waals surface area contributed by atoms with Crippen LogP contribution in [0.25, 0.3) is 0 Å². The number of terminal acetylenes is 2. The summed E-state index contributed by atoms with van der Waals surface area (Å²) in [5.41, 5.74) is 15.6. The van der Waals surface area contributed by atoms with Crippen LogP contribution >= 0.6 is 0 Å². The molecule has 0 atom stereocenters. The number of nitrogens with zero attached hydrogens (tertiary/aromatic N) is 2. The smallest absolute Gasteiger partial charge is 0.0299 e. The third kappa shape index (κ3) is 15.0. The van der Waals surface area contributed by atoms with Crippen molar-refractivity contribution in [3.63, 3.8) is 0 Å². The zero-order chi connectivity index (χ0) is 42.0. The molecule has 2 nitrogen and oxygen atoms in total. The third-order valence-electron chi connectivity index (χ3n) is 10.3. The van der Waals surface area contributed by atoms with E-state index in [4.69, 9.17) is 12.8 Å². The molecular weight excluding hydrogens is 701 g/mol.